The molecule has 3 N–H and O–H groups in total. The van der Waals surface area contributed by atoms with Gasteiger partial charge < -0.3 is 20.4 Å². The third-order valence-corrected chi connectivity index (χ3v) is 4.75. The van der Waals surface area contributed by atoms with Crippen LogP contribution in [-0.4, -0.2) is 72.7 Å². The summed E-state index contributed by atoms with van der Waals surface area (Å²) in [5.74, 6) is -2.02. The number of thiazole rings is 1. The Morgan fingerprint density at radius 1 is 1.54 bits per heavy atom. The fraction of sp³-hybridized carbons (Fsp3) is 0.455. The molecule has 0 saturated carbocycles. The molecule has 0 aromatic carbocycles. The third kappa shape index (κ3) is 4.70. The Bertz CT molecular complexity index is 825. The predicted molar refractivity (Wildman–Crippen MR) is 85.4 cm³/mol. The molecule has 26 heavy (non-hydrogen) atoms. The van der Waals surface area contributed by atoms with E-state index in [-0.39, 0.29) is 57.0 Å². The van der Waals surface area contributed by atoms with Crippen molar-refractivity contribution in [2.24, 2.45) is 10.1 Å². The number of β-lactam (4-membered cyclic amide) rings is 1. The van der Waals surface area contributed by atoms with Gasteiger partial charge in [-0.2, -0.15) is 8.42 Å². The molecule has 1 saturated heterocycles. The van der Waals surface area contributed by atoms with E-state index in [0.717, 1.165) is 11.3 Å². The second-order valence-electron chi connectivity index (χ2n) is 4.71. The van der Waals surface area contributed by atoms with E-state index in [4.69, 9.17) is 15.0 Å². The van der Waals surface area contributed by atoms with Crippen LogP contribution in [0.4, 0.5) is 5.13 Å². The van der Waals surface area contributed by atoms with Crippen molar-refractivity contribution in [3.05, 3.63) is 11.1 Å². The number of carbonyl (C=O) groups is 1. The summed E-state index contributed by atoms with van der Waals surface area (Å²) in [6.07, 6.45) is 0. The van der Waals surface area contributed by atoms with Gasteiger partial charge in [-0.25, -0.2) is 9.29 Å². The normalized spacial score (nSPS) is 21.2. The topological polar surface area (TPSA) is 180 Å². The minimum absolute atomic E-state index is 0. The molecule has 1 aromatic rings. The summed E-state index contributed by atoms with van der Waals surface area (Å²) >= 11 is 1.06. The molecule has 0 spiro atoms. The molecule has 0 unspecified atom stereocenters. The second-order valence-corrected chi connectivity index (χ2v) is 6.89. The molecule has 1 aliphatic heterocycles. The fourth-order valence-corrected chi connectivity index (χ4v) is 3.53. The fourth-order valence-electron chi connectivity index (χ4n) is 2.13. The van der Waals surface area contributed by atoms with Gasteiger partial charge in [-0.3, -0.25) is 14.3 Å². The maximum absolute atomic E-state index is 12.3. The van der Waals surface area contributed by atoms with Crippen molar-refractivity contribution < 1.29 is 62.0 Å². The van der Waals surface area contributed by atoms with Crippen molar-refractivity contribution >= 4 is 44.3 Å². The van der Waals surface area contributed by atoms with Crippen LogP contribution in [0.25, 0.3) is 0 Å². The number of ether oxygens (including phenoxy) is 1. The average Bonchev–Trinajstić information content (AvgIpc) is 2.94. The first-order chi connectivity index (χ1) is 11.7. The summed E-state index contributed by atoms with van der Waals surface area (Å²) in [6.45, 7) is -0.257. The molecule has 138 valence electrons. The van der Waals surface area contributed by atoms with Crippen LogP contribution in [0.1, 0.15) is 5.69 Å². The number of oxime groups is 1. The van der Waals surface area contributed by atoms with Crippen LogP contribution in [0.15, 0.2) is 15.5 Å². The number of hydrogen-bond donors (Lipinski definition) is 2. The largest absolute Gasteiger partial charge is 1.00 e. The van der Waals surface area contributed by atoms with Crippen molar-refractivity contribution in [3.8, 4) is 0 Å². The molecule has 12 nitrogen and oxygen atoms in total. The smallest absolute Gasteiger partial charge is 0.857 e. The van der Waals surface area contributed by atoms with Crippen LogP contribution < -0.4 is 40.4 Å². The third-order valence-electron chi connectivity index (χ3n) is 3.13. The second kappa shape index (κ2) is 9.07. The minimum Gasteiger partial charge on any atom is -0.857 e. The monoisotopic (exact) mass is 415 g/mol. The van der Waals surface area contributed by atoms with E-state index in [0.29, 0.717) is 0 Å². The van der Waals surface area contributed by atoms with Gasteiger partial charge in [0.25, 0.3) is 5.91 Å². The van der Waals surface area contributed by atoms with E-state index in [2.05, 4.69) is 20.0 Å². The first kappa shape index (κ1) is 22.8. The molecule has 0 aliphatic carbocycles. The predicted octanol–water partition coefficient (Wildman–Crippen LogP) is -5.13. The molecule has 2 heterocycles. The molecule has 2 atom stereocenters. The molecule has 0 radical (unpaired) electrons. The summed E-state index contributed by atoms with van der Waals surface area (Å²) in [6, 6.07) is -2.51. The summed E-state index contributed by atoms with van der Waals surface area (Å²) in [5, 5.41) is 17.5. The van der Waals surface area contributed by atoms with E-state index in [1.165, 1.54) is 19.6 Å². The first-order valence-electron chi connectivity index (χ1n) is 6.58. The Balaban J connectivity index is 0.00000338. The number of hydrogen-bond acceptors (Lipinski definition) is 11. The number of rotatable bonds is 7. The summed E-state index contributed by atoms with van der Waals surface area (Å²) < 4.78 is 36.5. The Morgan fingerprint density at radius 3 is 2.65 bits per heavy atom. The van der Waals surface area contributed by atoms with Crippen molar-refractivity contribution in [2.75, 3.05) is 26.6 Å². The zero-order chi connectivity index (χ0) is 18.8. The SMILES string of the molecule is COC[C@H]1[C@H](N=C([O-])/C(=N/OC)c2csc(N)n2)C(=O)N1S(=O)(=O)O.[Na+]. The van der Waals surface area contributed by atoms with Crippen LogP contribution in [-0.2, 0) is 24.7 Å². The van der Waals surface area contributed by atoms with Gasteiger partial charge >= 0.3 is 39.9 Å². The zero-order valence-corrected chi connectivity index (χ0v) is 17.7. The number of aromatic nitrogens is 1. The van der Waals surface area contributed by atoms with E-state index in [1.807, 2.05) is 0 Å². The number of aliphatic imine (C=N–C) groups is 1. The van der Waals surface area contributed by atoms with Gasteiger partial charge in [-0.05, 0) is 0 Å². The van der Waals surface area contributed by atoms with Gasteiger partial charge in [0.05, 0.1) is 6.61 Å². The average molecular weight is 415 g/mol. The number of carbonyl (C=O) groups excluding carboxylic acids is 1. The van der Waals surface area contributed by atoms with Crippen molar-refractivity contribution in [3.63, 3.8) is 0 Å². The maximum atomic E-state index is 12.3. The number of anilines is 1. The van der Waals surface area contributed by atoms with Gasteiger partial charge in [0.1, 0.15) is 24.6 Å². The van der Waals surface area contributed by atoms with E-state index < -0.39 is 34.2 Å². The molecule has 0 bridgehead atoms. The number of nitrogen functional groups attached to an aromatic ring is 1. The Morgan fingerprint density at radius 2 is 2.19 bits per heavy atom. The van der Waals surface area contributed by atoms with Crippen LogP contribution in [0.2, 0.25) is 0 Å². The Hall–Kier alpha value is -1.29. The molecule has 1 fully saturated rings. The van der Waals surface area contributed by atoms with Crippen molar-refractivity contribution in [1.82, 2.24) is 9.29 Å². The quantitative estimate of drug-likeness (QED) is 0.110. The molecule has 1 aromatic heterocycles. The summed E-state index contributed by atoms with van der Waals surface area (Å²) in [7, 11) is -2.32. The molecule has 1 amide bonds. The molecule has 2 rings (SSSR count). The standard InChI is InChI=1S/C11H15N5O7S2.Na/c1-22-3-6-8(10(18)16(6)25(19,20)21)14-9(17)7(15-23-2)5-4-24-11(12)13-5;/h4,6,8H,3H2,1-2H3,(H2,12,13)(H,14,17)(H,19,20,21);/q;+1/p-1/b15-7+;/t6-,8-;/m0./s1. The molecular formula is C11H14N5NaO7S2. The van der Waals surface area contributed by atoms with Crippen LogP contribution in [0.3, 0.4) is 0 Å². The van der Waals surface area contributed by atoms with E-state index >= 15 is 0 Å². The molecular weight excluding hydrogens is 401 g/mol. The van der Waals surface area contributed by atoms with Gasteiger partial charge in [-0.15, -0.1) is 11.3 Å². The number of nitrogens with two attached hydrogens (primary N) is 1. The number of methoxy groups -OCH3 is 1. The van der Waals surface area contributed by atoms with Gasteiger partial charge in [0.15, 0.2) is 11.2 Å². The Kier molecular flexibility index (Phi) is 7.94. The number of nitrogens with zero attached hydrogens (tertiary/aromatic N) is 4. The first-order valence-corrected chi connectivity index (χ1v) is 8.85. The Labute approximate surface area is 174 Å². The summed E-state index contributed by atoms with van der Waals surface area (Å²) in [5.41, 5.74) is 5.29. The summed E-state index contributed by atoms with van der Waals surface area (Å²) in [4.78, 5) is 24.0. The molecule has 1 aliphatic rings. The van der Waals surface area contributed by atoms with Gasteiger partial charge in [-0.1, -0.05) is 5.16 Å². The van der Waals surface area contributed by atoms with Gasteiger partial charge in [0, 0.05) is 18.4 Å². The van der Waals surface area contributed by atoms with Crippen LogP contribution >= 0.6 is 11.3 Å². The zero-order valence-electron chi connectivity index (χ0n) is 14.0. The maximum Gasteiger partial charge on any atom is 1.00 e. The van der Waals surface area contributed by atoms with Crippen LogP contribution in [0, 0.1) is 0 Å². The van der Waals surface area contributed by atoms with Gasteiger partial charge in [0.2, 0.25) is 0 Å². The van der Waals surface area contributed by atoms with E-state index in [1.54, 1.807) is 0 Å². The number of amides is 1. The van der Waals surface area contributed by atoms with E-state index in [9.17, 15) is 18.3 Å². The molecule has 15 heteroatoms. The minimum atomic E-state index is -4.78. The van der Waals surface area contributed by atoms with Crippen LogP contribution in [0.5, 0.6) is 0 Å². The van der Waals surface area contributed by atoms with Crippen molar-refractivity contribution in [1.29, 1.82) is 0 Å². The van der Waals surface area contributed by atoms with Crippen molar-refractivity contribution in [2.45, 2.75) is 12.1 Å².